The van der Waals surface area contributed by atoms with Crippen LogP contribution < -0.4 is 10.1 Å². The van der Waals surface area contributed by atoms with E-state index in [9.17, 15) is 9.90 Å². The maximum Gasteiger partial charge on any atom is 0.272 e. The molecule has 0 aliphatic carbocycles. The number of carbonyl (C=O) groups is 1. The van der Waals surface area contributed by atoms with E-state index in [2.05, 4.69) is 45.6 Å². The van der Waals surface area contributed by atoms with Gasteiger partial charge in [0.15, 0.2) is 5.69 Å². The van der Waals surface area contributed by atoms with E-state index in [4.69, 9.17) is 4.74 Å². The molecule has 0 spiro atoms. The molecule has 1 aliphatic heterocycles. The summed E-state index contributed by atoms with van der Waals surface area (Å²) in [5.74, 6) is 0.691. The van der Waals surface area contributed by atoms with Crippen LogP contribution in [0.1, 0.15) is 39.8 Å². The van der Waals surface area contributed by atoms with E-state index in [1.54, 1.807) is 4.68 Å². The van der Waals surface area contributed by atoms with Crippen LogP contribution in [0.5, 0.6) is 5.75 Å². The number of aliphatic hydroxyl groups is 1. The number of aliphatic hydroxyl groups excluding tert-OH is 1. The van der Waals surface area contributed by atoms with Crippen molar-refractivity contribution in [2.75, 3.05) is 19.8 Å². The topological polar surface area (TPSA) is 79.6 Å². The number of carbonyl (C=O) groups excluding carboxylic acids is 1. The molecular weight excluding hydrogens is 452 g/mol. The molecule has 0 fully saturated rings. The number of ether oxygens (including phenoxy) is 1. The van der Waals surface area contributed by atoms with E-state index in [-0.39, 0.29) is 12.5 Å². The largest absolute Gasteiger partial charge is 0.494 e. The van der Waals surface area contributed by atoms with Gasteiger partial charge in [-0.25, -0.2) is 0 Å². The monoisotopic (exact) mass is 484 g/mol. The molecule has 2 heterocycles. The number of nitrogens with zero attached hydrogens (tertiary/aromatic N) is 3. The molecular formula is C29H32N4O3. The Morgan fingerprint density at radius 2 is 1.89 bits per heavy atom. The van der Waals surface area contributed by atoms with Gasteiger partial charge in [-0.3, -0.25) is 14.4 Å². The van der Waals surface area contributed by atoms with Crippen LogP contribution >= 0.6 is 0 Å². The second-order valence-corrected chi connectivity index (χ2v) is 9.08. The SMILES string of the molecule is CCOc1ccc(CN2CCc3c(c(C(=O)NCc4cccc5ccccc45)nn3CCO)C2)cc1. The van der Waals surface area contributed by atoms with Gasteiger partial charge in [0.05, 0.1) is 19.8 Å². The van der Waals surface area contributed by atoms with Crippen molar-refractivity contribution < 1.29 is 14.6 Å². The summed E-state index contributed by atoms with van der Waals surface area (Å²) in [6.45, 7) is 5.73. The third-order valence-electron chi connectivity index (χ3n) is 6.70. The average molecular weight is 485 g/mol. The van der Waals surface area contributed by atoms with Crippen LogP contribution in [0.15, 0.2) is 66.7 Å². The molecule has 1 aliphatic rings. The van der Waals surface area contributed by atoms with E-state index >= 15 is 0 Å². The Balaban J connectivity index is 1.33. The maximum atomic E-state index is 13.3. The fourth-order valence-electron chi connectivity index (χ4n) is 4.97. The molecule has 7 nitrogen and oxygen atoms in total. The van der Waals surface area contributed by atoms with Crippen molar-refractivity contribution in [2.24, 2.45) is 0 Å². The first-order chi connectivity index (χ1) is 17.7. The predicted octanol–water partition coefficient (Wildman–Crippen LogP) is 3.92. The summed E-state index contributed by atoms with van der Waals surface area (Å²) < 4.78 is 7.36. The smallest absolute Gasteiger partial charge is 0.272 e. The van der Waals surface area contributed by atoms with Gasteiger partial charge < -0.3 is 15.2 Å². The number of nitrogens with one attached hydrogen (secondary N) is 1. The first-order valence-corrected chi connectivity index (χ1v) is 12.5. The Kier molecular flexibility index (Phi) is 7.30. The van der Waals surface area contributed by atoms with Gasteiger partial charge in [0.1, 0.15) is 5.75 Å². The third kappa shape index (κ3) is 5.12. The number of hydrogen-bond donors (Lipinski definition) is 2. The van der Waals surface area contributed by atoms with Gasteiger partial charge in [0.25, 0.3) is 5.91 Å². The van der Waals surface area contributed by atoms with Gasteiger partial charge in [0, 0.05) is 43.9 Å². The molecule has 0 unspecified atom stereocenters. The number of fused-ring (bicyclic) bond motifs is 2. The van der Waals surface area contributed by atoms with E-state index in [0.29, 0.717) is 31.9 Å². The van der Waals surface area contributed by atoms with Crippen LogP contribution in [-0.2, 0) is 32.6 Å². The number of aromatic nitrogens is 2. The molecule has 2 N–H and O–H groups in total. The summed E-state index contributed by atoms with van der Waals surface area (Å²) in [4.78, 5) is 15.7. The van der Waals surface area contributed by atoms with Crippen molar-refractivity contribution in [2.45, 2.75) is 39.5 Å². The van der Waals surface area contributed by atoms with E-state index in [1.165, 1.54) is 5.56 Å². The van der Waals surface area contributed by atoms with Gasteiger partial charge in [-0.2, -0.15) is 5.10 Å². The molecule has 5 rings (SSSR count). The number of benzene rings is 3. The van der Waals surface area contributed by atoms with E-state index < -0.39 is 0 Å². The third-order valence-corrected chi connectivity index (χ3v) is 6.70. The summed E-state index contributed by atoms with van der Waals surface area (Å²) in [5.41, 5.74) is 4.72. The summed E-state index contributed by atoms with van der Waals surface area (Å²) in [6, 6.07) is 22.5. The van der Waals surface area contributed by atoms with Gasteiger partial charge in [-0.15, -0.1) is 0 Å². The molecule has 0 bridgehead atoms. The summed E-state index contributed by atoms with van der Waals surface area (Å²) in [6.07, 6.45) is 0.788. The fourth-order valence-corrected chi connectivity index (χ4v) is 4.97. The van der Waals surface area contributed by atoms with Crippen LogP contribution in [0.3, 0.4) is 0 Å². The molecule has 0 saturated heterocycles. The molecule has 186 valence electrons. The Labute approximate surface area is 211 Å². The Morgan fingerprint density at radius 1 is 1.08 bits per heavy atom. The molecule has 4 aromatic rings. The van der Waals surface area contributed by atoms with Crippen molar-refractivity contribution in [1.29, 1.82) is 0 Å². The van der Waals surface area contributed by atoms with E-state index in [0.717, 1.165) is 52.9 Å². The van der Waals surface area contributed by atoms with Crippen molar-refractivity contribution >= 4 is 16.7 Å². The summed E-state index contributed by atoms with van der Waals surface area (Å²) >= 11 is 0. The minimum absolute atomic E-state index is 0.0128. The highest BCUT2D eigenvalue weighted by Gasteiger charge is 2.28. The van der Waals surface area contributed by atoms with Crippen LogP contribution in [0.25, 0.3) is 10.8 Å². The summed E-state index contributed by atoms with van der Waals surface area (Å²) in [5, 5.41) is 19.5. The second-order valence-electron chi connectivity index (χ2n) is 9.08. The standard InChI is InChI=1S/C29H32N4O3/c1-2-36-24-12-10-21(11-13-24)19-32-15-14-27-26(20-32)28(31-33(27)16-17-34)29(35)30-18-23-8-5-7-22-6-3-4-9-25(22)23/h3-13,34H,2,14-20H2,1H3,(H,30,35). The fraction of sp³-hybridized carbons (Fsp3) is 0.310. The molecule has 1 amide bonds. The zero-order chi connectivity index (χ0) is 24.9. The molecule has 7 heteroatoms. The summed E-state index contributed by atoms with van der Waals surface area (Å²) in [7, 11) is 0. The van der Waals surface area contributed by atoms with Crippen molar-refractivity contribution in [3.8, 4) is 5.75 Å². The molecule has 0 atom stereocenters. The van der Waals surface area contributed by atoms with Crippen molar-refractivity contribution in [3.63, 3.8) is 0 Å². The average Bonchev–Trinajstić information content (AvgIpc) is 3.26. The second kappa shape index (κ2) is 10.9. The number of hydrogen-bond acceptors (Lipinski definition) is 5. The minimum atomic E-state index is -0.182. The van der Waals surface area contributed by atoms with E-state index in [1.807, 2.05) is 43.3 Å². The van der Waals surface area contributed by atoms with Gasteiger partial charge >= 0.3 is 0 Å². The Bertz CT molecular complexity index is 1340. The van der Waals surface area contributed by atoms with Crippen molar-refractivity contribution in [3.05, 3.63) is 94.8 Å². The molecule has 0 radical (unpaired) electrons. The van der Waals surface area contributed by atoms with Crippen LogP contribution in [0, 0.1) is 0 Å². The highest BCUT2D eigenvalue weighted by Crippen LogP contribution is 2.25. The normalized spacial score (nSPS) is 13.5. The zero-order valence-corrected chi connectivity index (χ0v) is 20.6. The highest BCUT2D eigenvalue weighted by molar-refractivity contribution is 5.94. The van der Waals surface area contributed by atoms with Crippen LogP contribution in [-0.4, -0.2) is 45.5 Å². The predicted molar refractivity (Wildman–Crippen MR) is 140 cm³/mol. The number of rotatable bonds is 9. The van der Waals surface area contributed by atoms with Gasteiger partial charge in [0.2, 0.25) is 0 Å². The maximum absolute atomic E-state index is 13.3. The first-order valence-electron chi connectivity index (χ1n) is 12.5. The quantitative estimate of drug-likeness (QED) is 0.377. The molecule has 3 aromatic carbocycles. The number of amides is 1. The van der Waals surface area contributed by atoms with Gasteiger partial charge in [-0.05, 0) is 41.0 Å². The van der Waals surface area contributed by atoms with Crippen molar-refractivity contribution in [1.82, 2.24) is 20.0 Å². The lowest BCUT2D eigenvalue weighted by Crippen LogP contribution is -2.32. The Morgan fingerprint density at radius 3 is 2.69 bits per heavy atom. The lowest BCUT2D eigenvalue weighted by molar-refractivity contribution is 0.0942. The molecule has 36 heavy (non-hydrogen) atoms. The molecule has 1 aromatic heterocycles. The molecule has 0 saturated carbocycles. The highest BCUT2D eigenvalue weighted by atomic mass is 16.5. The lowest BCUT2D eigenvalue weighted by Gasteiger charge is -2.27. The zero-order valence-electron chi connectivity index (χ0n) is 20.6. The lowest BCUT2D eigenvalue weighted by atomic mass is 10.0. The Hall–Kier alpha value is -3.68. The minimum Gasteiger partial charge on any atom is -0.494 e. The van der Waals surface area contributed by atoms with Gasteiger partial charge in [-0.1, -0.05) is 54.6 Å². The first kappa shape index (κ1) is 24.0. The van der Waals surface area contributed by atoms with Crippen LogP contribution in [0.2, 0.25) is 0 Å². The van der Waals surface area contributed by atoms with Crippen LogP contribution in [0.4, 0.5) is 0 Å².